The van der Waals surface area contributed by atoms with Crippen LogP contribution < -0.4 is 0 Å². The van der Waals surface area contributed by atoms with E-state index in [1.54, 1.807) is 18.3 Å². The molecule has 1 N–H and O–H groups in total. The minimum Gasteiger partial charge on any atom is -0.481 e. The summed E-state index contributed by atoms with van der Waals surface area (Å²) in [5, 5.41) is 8.97. The van der Waals surface area contributed by atoms with Crippen LogP contribution in [0.3, 0.4) is 0 Å². The number of nitrogens with zero attached hydrogens (tertiary/aromatic N) is 1. The minimum absolute atomic E-state index is 0.0906. The molecule has 64 valence electrons. The van der Waals surface area contributed by atoms with E-state index in [0.29, 0.717) is 17.1 Å². The maximum absolute atomic E-state index is 10.2. The van der Waals surface area contributed by atoms with E-state index in [2.05, 4.69) is 4.98 Å². The van der Waals surface area contributed by atoms with Crippen LogP contribution in [0.2, 0.25) is 5.02 Å². The summed E-state index contributed by atoms with van der Waals surface area (Å²) in [6.07, 6.45) is 2.09. The molecule has 4 heteroatoms. The molecule has 1 aromatic rings. The number of rotatable bonds is 3. The second kappa shape index (κ2) is 4.07. The highest BCUT2D eigenvalue weighted by atomic mass is 35.5. The van der Waals surface area contributed by atoms with E-state index in [1.807, 2.05) is 0 Å². The van der Waals surface area contributed by atoms with Crippen molar-refractivity contribution in [1.29, 1.82) is 0 Å². The smallest absolute Gasteiger partial charge is 0.303 e. The fourth-order valence-electron chi connectivity index (χ4n) is 0.820. The molecule has 1 heterocycles. The molecule has 0 atom stereocenters. The molecule has 1 rings (SSSR count). The van der Waals surface area contributed by atoms with Gasteiger partial charge in [-0.25, -0.2) is 0 Å². The fourth-order valence-corrected chi connectivity index (χ4v) is 1.00. The van der Waals surface area contributed by atoms with Gasteiger partial charge in [0.05, 0.1) is 6.42 Å². The first-order chi connectivity index (χ1) is 5.68. The molecule has 0 aliphatic rings. The minimum atomic E-state index is -0.822. The van der Waals surface area contributed by atoms with Gasteiger partial charge in [-0.1, -0.05) is 11.6 Å². The van der Waals surface area contributed by atoms with Crippen LogP contribution in [0.4, 0.5) is 0 Å². The summed E-state index contributed by atoms with van der Waals surface area (Å²) in [4.78, 5) is 14.2. The van der Waals surface area contributed by atoms with Crippen LogP contribution >= 0.6 is 11.6 Å². The monoisotopic (exact) mass is 185 g/mol. The molecule has 12 heavy (non-hydrogen) atoms. The van der Waals surface area contributed by atoms with Crippen molar-refractivity contribution in [3.8, 4) is 0 Å². The molecule has 3 nitrogen and oxygen atoms in total. The molecule has 0 unspecified atom stereocenters. The van der Waals surface area contributed by atoms with Gasteiger partial charge in [0.2, 0.25) is 0 Å². The number of halogens is 1. The molecular weight excluding hydrogens is 178 g/mol. The maximum atomic E-state index is 10.2. The lowest BCUT2D eigenvalue weighted by molar-refractivity contribution is -0.136. The normalized spacial score (nSPS) is 9.75. The molecule has 0 fully saturated rings. The fraction of sp³-hybridized carbons (Fsp3) is 0.250. The summed E-state index contributed by atoms with van der Waals surface area (Å²) in [6.45, 7) is 0. The number of aryl methyl sites for hydroxylation is 1. The Morgan fingerprint density at radius 1 is 1.67 bits per heavy atom. The van der Waals surface area contributed by atoms with Crippen molar-refractivity contribution >= 4 is 17.6 Å². The first kappa shape index (κ1) is 9.00. The largest absolute Gasteiger partial charge is 0.481 e. The predicted octanol–water partition coefficient (Wildman–Crippen LogP) is 1.75. The highest BCUT2D eigenvalue weighted by molar-refractivity contribution is 6.30. The van der Waals surface area contributed by atoms with Gasteiger partial charge in [-0.3, -0.25) is 9.78 Å². The topological polar surface area (TPSA) is 50.2 Å². The van der Waals surface area contributed by atoms with Crippen molar-refractivity contribution in [1.82, 2.24) is 4.98 Å². The maximum Gasteiger partial charge on any atom is 0.303 e. The highest BCUT2D eigenvalue weighted by Crippen LogP contribution is 2.09. The second-order valence-electron chi connectivity index (χ2n) is 2.36. The third-order valence-electron chi connectivity index (χ3n) is 1.37. The number of pyridine rings is 1. The molecular formula is C8H8ClNO2. The Balaban J connectivity index is 2.57. The van der Waals surface area contributed by atoms with Crippen molar-refractivity contribution in [2.75, 3.05) is 0 Å². The van der Waals surface area contributed by atoms with Crippen LogP contribution in [0.15, 0.2) is 18.3 Å². The average Bonchev–Trinajstić information content (AvgIpc) is 2.01. The van der Waals surface area contributed by atoms with Crippen LogP contribution in [0.1, 0.15) is 12.1 Å². The number of aliphatic carboxylic acids is 1. The molecule has 0 radical (unpaired) electrons. The van der Waals surface area contributed by atoms with E-state index in [9.17, 15) is 4.79 Å². The summed E-state index contributed by atoms with van der Waals surface area (Å²) < 4.78 is 0. The van der Waals surface area contributed by atoms with Gasteiger partial charge in [-0.05, 0) is 12.1 Å². The Bertz CT molecular complexity index is 288. The summed E-state index contributed by atoms with van der Waals surface area (Å²) >= 11 is 5.67. The lowest BCUT2D eigenvalue weighted by Gasteiger charge is -1.96. The van der Waals surface area contributed by atoms with Gasteiger partial charge in [0.25, 0.3) is 0 Å². The zero-order chi connectivity index (χ0) is 8.97. The Morgan fingerprint density at radius 3 is 3.00 bits per heavy atom. The van der Waals surface area contributed by atoms with Gasteiger partial charge >= 0.3 is 5.97 Å². The molecule has 0 saturated carbocycles. The molecule has 0 spiro atoms. The molecule has 0 aliphatic heterocycles. The Hall–Kier alpha value is -1.09. The molecule has 0 saturated heterocycles. The van der Waals surface area contributed by atoms with E-state index < -0.39 is 5.97 Å². The van der Waals surface area contributed by atoms with Crippen LogP contribution in [0.25, 0.3) is 0 Å². The summed E-state index contributed by atoms with van der Waals surface area (Å²) in [5.41, 5.74) is 0.713. The van der Waals surface area contributed by atoms with Crippen LogP contribution in [-0.4, -0.2) is 16.1 Å². The van der Waals surface area contributed by atoms with Crippen molar-refractivity contribution < 1.29 is 9.90 Å². The van der Waals surface area contributed by atoms with Crippen LogP contribution in [0.5, 0.6) is 0 Å². The molecule has 0 aromatic carbocycles. The van der Waals surface area contributed by atoms with Crippen LogP contribution in [-0.2, 0) is 11.2 Å². The number of carboxylic acids is 1. The Kier molecular flexibility index (Phi) is 3.05. The van der Waals surface area contributed by atoms with E-state index in [0.717, 1.165) is 0 Å². The number of carboxylic acid groups (broad SMARTS) is 1. The van der Waals surface area contributed by atoms with Gasteiger partial charge in [-0.15, -0.1) is 0 Å². The third-order valence-corrected chi connectivity index (χ3v) is 1.61. The summed E-state index contributed by atoms with van der Waals surface area (Å²) in [6, 6.07) is 3.33. The van der Waals surface area contributed by atoms with E-state index in [1.165, 1.54) is 0 Å². The number of hydrogen-bond acceptors (Lipinski definition) is 2. The number of carbonyl (C=O) groups is 1. The summed E-state index contributed by atoms with van der Waals surface area (Å²) in [5.74, 6) is -0.822. The number of aromatic nitrogens is 1. The molecule has 1 aromatic heterocycles. The van der Waals surface area contributed by atoms with Crippen molar-refractivity contribution in [3.05, 3.63) is 29.0 Å². The quantitative estimate of drug-likeness (QED) is 0.781. The predicted molar refractivity (Wildman–Crippen MR) is 45.2 cm³/mol. The SMILES string of the molecule is O=C(O)CCc1cc(Cl)ccn1. The zero-order valence-corrected chi connectivity index (χ0v) is 7.08. The first-order valence-corrected chi connectivity index (χ1v) is 3.88. The molecule has 0 bridgehead atoms. The highest BCUT2D eigenvalue weighted by Gasteiger charge is 1.99. The second-order valence-corrected chi connectivity index (χ2v) is 2.80. The zero-order valence-electron chi connectivity index (χ0n) is 6.33. The van der Waals surface area contributed by atoms with Gasteiger partial charge in [0, 0.05) is 23.3 Å². The van der Waals surface area contributed by atoms with Gasteiger partial charge < -0.3 is 5.11 Å². The van der Waals surface area contributed by atoms with Crippen LogP contribution in [0, 0.1) is 0 Å². The van der Waals surface area contributed by atoms with Crippen molar-refractivity contribution in [2.45, 2.75) is 12.8 Å². The van der Waals surface area contributed by atoms with Crippen molar-refractivity contribution in [3.63, 3.8) is 0 Å². The first-order valence-electron chi connectivity index (χ1n) is 3.50. The van der Waals surface area contributed by atoms with E-state index >= 15 is 0 Å². The average molecular weight is 186 g/mol. The van der Waals surface area contributed by atoms with E-state index in [-0.39, 0.29) is 6.42 Å². The third kappa shape index (κ3) is 2.88. The van der Waals surface area contributed by atoms with E-state index in [4.69, 9.17) is 16.7 Å². The van der Waals surface area contributed by atoms with Gasteiger partial charge in [0.15, 0.2) is 0 Å². The lowest BCUT2D eigenvalue weighted by atomic mass is 10.2. The standard InChI is InChI=1S/C8H8ClNO2/c9-6-3-4-10-7(5-6)1-2-8(11)12/h3-5H,1-2H2,(H,11,12). The Labute approximate surface area is 75.0 Å². The Morgan fingerprint density at radius 2 is 2.42 bits per heavy atom. The lowest BCUT2D eigenvalue weighted by Crippen LogP contribution is -1.98. The van der Waals surface area contributed by atoms with Crippen molar-refractivity contribution in [2.24, 2.45) is 0 Å². The molecule has 0 aliphatic carbocycles. The number of hydrogen-bond donors (Lipinski definition) is 1. The van der Waals surface area contributed by atoms with Gasteiger partial charge in [-0.2, -0.15) is 0 Å². The molecule has 0 amide bonds. The van der Waals surface area contributed by atoms with Gasteiger partial charge in [0.1, 0.15) is 0 Å². The summed E-state index contributed by atoms with van der Waals surface area (Å²) in [7, 11) is 0.